The molecule has 0 bridgehead atoms. The zero-order valence-electron chi connectivity index (χ0n) is 15.3. The Balaban J connectivity index is 0.00000288. The number of fused-ring (bicyclic) bond motifs is 1. The van der Waals surface area contributed by atoms with Crippen molar-refractivity contribution >= 4 is 23.3 Å². The third-order valence-electron chi connectivity index (χ3n) is 4.51. The van der Waals surface area contributed by atoms with Crippen LogP contribution >= 0.6 is 12.4 Å². The molecule has 0 fully saturated rings. The van der Waals surface area contributed by atoms with Crippen molar-refractivity contribution in [2.45, 2.75) is 52.9 Å². The number of hydrogen-bond acceptors (Lipinski definition) is 2. The maximum Gasteiger partial charge on any atom is 0.120 e. The van der Waals surface area contributed by atoms with E-state index in [0.29, 0.717) is 6.54 Å². The van der Waals surface area contributed by atoms with Gasteiger partial charge in [-0.1, -0.05) is 40.0 Å². The number of nitrogens with one attached hydrogen (secondary N) is 1. The minimum absolute atomic E-state index is 0. The largest absolute Gasteiger partial charge is 0.494 e. The van der Waals surface area contributed by atoms with Gasteiger partial charge in [0, 0.05) is 17.1 Å². The molecule has 136 valence electrons. The van der Waals surface area contributed by atoms with Gasteiger partial charge in [0.15, 0.2) is 0 Å². The van der Waals surface area contributed by atoms with Crippen LogP contribution in [0.15, 0.2) is 24.4 Å². The summed E-state index contributed by atoms with van der Waals surface area (Å²) in [4.78, 5) is 3.30. The predicted molar refractivity (Wildman–Crippen MR) is 106 cm³/mol. The molecule has 0 amide bonds. The summed E-state index contributed by atoms with van der Waals surface area (Å²) in [7, 11) is 0. The Labute approximate surface area is 152 Å². The summed E-state index contributed by atoms with van der Waals surface area (Å²) in [6.45, 7) is 8.39. The average molecular weight is 353 g/mol. The molecule has 1 aromatic carbocycles. The van der Waals surface area contributed by atoms with E-state index in [1.54, 1.807) is 0 Å². The fourth-order valence-electron chi connectivity index (χ4n) is 3.01. The first-order valence-electron chi connectivity index (χ1n) is 9.03. The molecule has 0 saturated carbocycles. The van der Waals surface area contributed by atoms with E-state index in [9.17, 15) is 0 Å². The Morgan fingerprint density at radius 1 is 1.12 bits per heavy atom. The van der Waals surface area contributed by atoms with Gasteiger partial charge in [0.05, 0.1) is 6.61 Å². The zero-order valence-corrected chi connectivity index (χ0v) is 16.1. The second kappa shape index (κ2) is 10.6. The van der Waals surface area contributed by atoms with E-state index >= 15 is 0 Å². The van der Waals surface area contributed by atoms with Crippen molar-refractivity contribution in [3.8, 4) is 5.75 Å². The fraction of sp³-hybridized carbons (Fsp3) is 0.600. The number of ether oxygens (including phenoxy) is 1. The lowest BCUT2D eigenvalue weighted by Crippen LogP contribution is -2.05. The van der Waals surface area contributed by atoms with E-state index in [0.717, 1.165) is 42.6 Å². The van der Waals surface area contributed by atoms with Crippen LogP contribution in [0.2, 0.25) is 0 Å². The Hall–Kier alpha value is -1.19. The highest BCUT2D eigenvalue weighted by Crippen LogP contribution is 2.24. The smallest absolute Gasteiger partial charge is 0.120 e. The second-order valence-electron chi connectivity index (χ2n) is 7.13. The van der Waals surface area contributed by atoms with Gasteiger partial charge in [-0.15, -0.1) is 12.4 Å². The van der Waals surface area contributed by atoms with Crippen molar-refractivity contribution < 1.29 is 4.74 Å². The Morgan fingerprint density at radius 3 is 2.62 bits per heavy atom. The normalized spacial score (nSPS) is 12.4. The second-order valence-corrected chi connectivity index (χ2v) is 7.13. The zero-order chi connectivity index (χ0) is 16.7. The van der Waals surface area contributed by atoms with E-state index in [4.69, 9.17) is 10.5 Å². The highest BCUT2D eigenvalue weighted by atomic mass is 35.5. The lowest BCUT2D eigenvalue weighted by Gasteiger charge is -2.13. The minimum Gasteiger partial charge on any atom is -0.494 e. The van der Waals surface area contributed by atoms with Crippen LogP contribution in [-0.4, -0.2) is 18.1 Å². The molecule has 1 heterocycles. The number of nitrogens with two attached hydrogens (primary N) is 1. The summed E-state index contributed by atoms with van der Waals surface area (Å²) < 4.78 is 5.97. The van der Waals surface area contributed by atoms with Gasteiger partial charge in [-0.25, -0.2) is 0 Å². The first kappa shape index (κ1) is 20.9. The molecule has 0 aliphatic heterocycles. The summed E-state index contributed by atoms with van der Waals surface area (Å²) in [6.07, 6.45) is 8.04. The number of hydrogen-bond donors (Lipinski definition) is 2. The van der Waals surface area contributed by atoms with E-state index in [-0.39, 0.29) is 12.4 Å². The molecule has 4 heteroatoms. The van der Waals surface area contributed by atoms with Crippen LogP contribution in [0.1, 0.15) is 52.0 Å². The van der Waals surface area contributed by atoms with Gasteiger partial charge in [-0.3, -0.25) is 0 Å². The van der Waals surface area contributed by atoms with E-state index in [1.165, 1.54) is 30.2 Å². The van der Waals surface area contributed by atoms with Gasteiger partial charge in [-0.2, -0.15) is 0 Å². The monoisotopic (exact) mass is 352 g/mol. The van der Waals surface area contributed by atoms with Gasteiger partial charge in [0.25, 0.3) is 0 Å². The lowest BCUT2D eigenvalue weighted by atomic mass is 9.98. The minimum atomic E-state index is 0. The molecule has 3 nitrogen and oxygen atoms in total. The Kier molecular flexibility index (Phi) is 9.24. The SMILES string of the molecule is CC(C)CCCC(C)CCOc1ccc2[nH]cc(CCN)c2c1.Cl. The Morgan fingerprint density at radius 2 is 1.92 bits per heavy atom. The molecule has 1 unspecified atom stereocenters. The van der Waals surface area contributed by atoms with Crippen LogP contribution < -0.4 is 10.5 Å². The fourth-order valence-corrected chi connectivity index (χ4v) is 3.01. The lowest BCUT2D eigenvalue weighted by molar-refractivity contribution is 0.276. The third kappa shape index (κ3) is 6.37. The highest BCUT2D eigenvalue weighted by Gasteiger charge is 2.06. The molecule has 2 aromatic rings. The third-order valence-corrected chi connectivity index (χ3v) is 4.51. The van der Waals surface area contributed by atoms with Crippen LogP contribution in [0.3, 0.4) is 0 Å². The topological polar surface area (TPSA) is 51.0 Å². The first-order chi connectivity index (χ1) is 11.1. The van der Waals surface area contributed by atoms with Crippen molar-refractivity contribution in [1.82, 2.24) is 4.98 Å². The number of benzene rings is 1. The summed E-state index contributed by atoms with van der Waals surface area (Å²) in [5.41, 5.74) is 8.10. The summed E-state index contributed by atoms with van der Waals surface area (Å²) >= 11 is 0. The molecule has 0 radical (unpaired) electrons. The van der Waals surface area contributed by atoms with Crippen molar-refractivity contribution in [1.29, 1.82) is 0 Å². The van der Waals surface area contributed by atoms with Gasteiger partial charge >= 0.3 is 0 Å². The van der Waals surface area contributed by atoms with E-state index < -0.39 is 0 Å². The van der Waals surface area contributed by atoms with E-state index in [2.05, 4.69) is 50.2 Å². The van der Waals surface area contributed by atoms with Crippen LogP contribution in [0, 0.1) is 11.8 Å². The number of rotatable bonds is 10. The molecule has 1 atom stereocenters. The molecule has 3 N–H and O–H groups in total. The van der Waals surface area contributed by atoms with Gasteiger partial charge in [0.1, 0.15) is 5.75 Å². The van der Waals surface area contributed by atoms with Gasteiger partial charge in [-0.05, 0) is 55.0 Å². The standard InChI is InChI=1S/C20H32N2O.ClH/c1-15(2)5-4-6-16(3)10-12-23-18-7-8-20-19(13-18)17(9-11-21)14-22-20;/h7-8,13-16,22H,4-6,9-12,21H2,1-3H3;1H. The molecule has 2 rings (SSSR count). The quantitative estimate of drug-likeness (QED) is 0.607. The first-order valence-corrected chi connectivity index (χ1v) is 9.03. The average Bonchev–Trinajstić information content (AvgIpc) is 2.90. The summed E-state index contributed by atoms with van der Waals surface area (Å²) in [6, 6.07) is 6.28. The molecule has 1 aromatic heterocycles. The summed E-state index contributed by atoms with van der Waals surface area (Å²) in [5.74, 6) is 2.51. The maximum atomic E-state index is 5.97. The molecule has 24 heavy (non-hydrogen) atoms. The molecule has 0 saturated heterocycles. The van der Waals surface area contributed by atoms with Crippen LogP contribution in [0.5, 0.6) is 5.75 Å². The van der Waals surface area contributed by atoms with Crippen LogP contribution in [0.4, 0.5) is 0 Å². The maximum absolute atomic E-state index is 5.97. The van der Waals surface area contributed by atoms with Crippen molar-refractivity contribution in [2.75, 3.05) is 13.2 Å². The number of aromatic amines is 1. The molecular formula is C20H33ClN2O. The van der Waals surface area contributed by atoms with Gasteiger partial charge in [0.2, 0.25) is 0 Å². The Bertz CT molecular complexity index is 594. The van der Waals surface area contributed by atoms with Gasteiger partial charge < -0.3 is 15.5 Å². The number of H-pyrrole nitrogens is 1. The highest BCUT2D eigenvalue weighted by molar-refractivity contribution is 5.85. The molecule has 0 aliphatic carbocycles. The molecule has 0 spiro atoms. The van der Waals surface area contributed by atoms with Crippen LogP contribution in [0.25, 0.3) is 10.9 Å². The number of aromatic nitrogens is 1. The van der Waals surface area contributed by atoms with Crippen molar-refractivity contribution in [3.05, 3.63) is 30.0 Å². The number of halogens is 1. The van der Waals surface area contributed by atoms with Crippen molar-refractivity contribution in [2.24, 2.45) is 17.6 Å². The summed E-state index contributed by atoms with van der Waals surface area (Å²) in [5, 5.41) is 1.23. The van der Waals surface area contributed by atoms with Crippen molar-refractivity contribution in [3.63, 3.8) is 0 Å². The van der Waals surface area contributed by atoms with E-state index in [1.807, 2.05) is 0 Å². The molecular weight excluding hydrogens is 320 g/mol. The predicted octanol–water partition coefficient (Wildman–Crippen LogP) is 5.32. The van der Waals surface area contributed by atoms with Crippen LogP contribution in [-0.2, 0) is 6.42 Å². The molecule has 0 aliphatic rings.